The Morgan fingerprint density at radius 3 is 2.89 bits per heavy atom. The summed E-state index contributed by atoms with van der Waals surface area (Å²) in [6.45, 7) is 0. The Kier molecular flexibility index (Phi) is 2.48. The molecule has 3 aromatic rings. The molecule has 6 heteroatoms. The fourth-order valence-electron chi connectivity index (χ4n) is 2.12. The third-order valence-corrected chi connectivity index (χ3v) is 4.30. The summed E-state index contributed by atoms with van der Waals surface area (Å²) in [7, 11) is 0. The maximum Gasteiger partial charge on any atom is 0.296 e. The minimum absolute atomic E-state index is 0.390. The summed E-state index contributed by atoms with van der Waals surface area (Å²) in [5, 5.41) is 10.0. The predicted octanol–water partition coefficient (Wildman–Crippen LogP) is 3.72. The van der Waals surface area contributed by atoms with Gasteiger partial charge in [0.15, 0.2) is 0 Å². The Balaban J connectivity index is 1.63. The summed E-state index contributed by atoms with van der Waals surface area (Å²) in [6.07, 6.45) is 3.66. The van der Waals surface area contributed by atoms with Gasteiger partial charge in [-0.05, 0) is 24.3 Å². The van der Waals surface area contributed by atoms with Gasteiger partial charge in [0.1, 0.15) is 0 Å². The lowest BCUT2D eigenvalue weighted by Gasteiger charge is -2.22. The van der Waals surface area contributed by atoms with Crippen molar-refractivity contribution in [3.63, 3.8) is 0 Å². The van der Waals surface area contributed by atoms with Gasteiger partial charge in [0.05, 0.1) is 10.6 Å². The lowest BCUT2D eigenvalue weighted by Crippen LogP contribution is -2.08. The predicted molar refractivity (Wildman–Crippen MR) is 69.7 cm³/mol. The summed E-state index contributed by atoms with van der Waals surface area (Å²) in [6, 6.07) is 5.83. The standard InChI is InChI=1S/C13H11N3O2S/c1-3-8(4-1)9-7-10(17-15-9)13-14-12(16-18-13)11-5-2-6-19-11/h2,5-8H,1,3-4H2. The molecule has 5 nitrogen and oxygen atoms in total. The van der Waals surface area contributed by atoms with Crippen LogP contribution in [0.4, 0.5) is 0 Å². The zero-order valence-electron chi connectivity index (χ0n) is 10.1. The minimum atomic E-state index is 0.390. The van der Waals surface area contributed by atoms with Gasteiger partial charge in [0.25, 0.3) is 5.89 Å². The number of hydrogen-bond acceptors (Lipinski definition) is 6. The van der Waals surface area contributed by atoms with E-state index in [1.807, 2.05) is 23.6 Å². The van der Waals surface area contributed by atoms with Gasteiger partial charge in [-0.15, -0.1) is 11.3 Å². The molecule has 0 aliphatic heterocycles. The van der Waals surface area contributed by atoms with Gasteiger partial charge >= 0.3 is 0 Å². The molecule has 0 N–H and O–H groups in total. The van der Waals surface area contributed by atoms with Crippen LogP contribution in [0.25, 0.3) is 22.4 Å². The van der Waals surface area contributed by atoms with Crippen molar-refractivity contribution in [3.8, 4) is 22.4 Å². The molecule has 0 spiro atoms. The van der Waals surface area contributed by atoms with Crippen molar-refractivity contribution in [1.82, 2.24) is 15.3 Å². The summed E-state index contributed by atoms with van der Waals surface area (Å²) >= 11 is 1.58. The van der Waals surface area contributed by atoms with E-state index < -0.39 is 0 Å². The molecule has 0 amide bonds. The van der Waals surface area contributed by atoms with Crippen LogP contribution in [0, 0.1) is 0 Å². The molecule has 3 aromatic heterocycles. The molecule has 1 saturated carbocycles. The normalized spacial score (nSPS) is 15.6. The van der Waals surface area contributed by atoms with E-state index in [4.69, 9.17) is 9.05 Å². The summed E-state index contributed by atoms with van der Waals surface area (Å²) in [5.41, 5.74) is 0.997. The lowest BCUT2D eigenvalue weighted by atomic mass is 9.83. The van der Waals surface area contributed by atoms with Crippen LogP contribution in [0.2, 0.25) is 0 Å². The molecule has 96 valence electrons. The fourth-order valence-corrected chi connectivity index (χ4v) is 2.76. The molecule has 0 radical (unpaired) electrons. The highest BCUT2D eigenvalue weighted by atomic mass is 32.1. The van der Waals surface area contributed by atoms with Crippen molar-refractivity contribution in [2.24, 2.45) is 0 Å². The molecule has 19 heavy (non-hydrogen) atoms. The first-order chi connectivity index (χ1) is 9.40. The Morgan fingerprint density at radius 1 is 1.21 bits per heavy atom. The van der Waals surface area contributed by atoms with E-state index in [9.17, 15) is 0 Å². The first kappa shape index (κ1) is 10.9. The van der Waals surface area contributed by atoms with E-state index in [-0.39, 0.29) is 0 Å². The highest BCUT2D eigenvalue weighted by Gasteiger charge is 2.24. The van der Waals surface area contributed by atoms with Crippen LogP contribution in [-0.4, -0.2) is 15.3 Å². The fraction of sp³-hybridized carbons (Fsp3) is 0.308. The SMILES string of the molecule is c1csc(-c2noc(-c3cc(C4CCC4)no3)n2)c1. The minimum Gasteiger partial charge on any atom is -0.351 e. The van der Waals surface area contributed by atoms with E-state index in [0.717, 1.165) is 10.6 Å². The van der Waals surface area contributed by atoms with E-state index in [2.05, 4.69) is 15.3 Å². The van der Waals surface area contributed by atoms with Crippen molar-refractivity contribution in [2.75, 3.05) is 0 Å². The van der Waals surface area contributed by atoms with Gasteiger partial charge in [-0.2, -0.15) is 4.98 Å². The Bertz CT molecular complexity index is 682. The van der Waals surface area contributed by atoms with Crippen LogP contribution in [-0.2, 0) is 0 Å². The Labute approximate surface area is 113 Å². The van der Waals surface area contributed by atoms with Crippen LogP contribution < -0.4 is 0 Å². The Hall–Kier alpha value is -1.95. The monoisotopic (exact) mass is 273 g/mol. The number of rotatable bonds is 3. The van der Waals surface area contributed by atoms with Crippen molar-refractivity contribution in [1.29, 1.82) is 0 Å². The second-order valence-electron chi connectivity index (χ2n) is 4.64. The van der Waals surface area contributed by atoms with Crippen molar-refractivity contribution in [2.45, 2.75) is 25.2 Å². The molecular weight excluding hydrogens is 262 g/mol. The van der Waals surface area contributed by atoms with Crippen LogP contribution in [0.5, 0.6) is 0 Å². The molecule has 1 aliphatic rings. The molecule has 3 heterocycles. The highest BCUT2D eigenvalue weighted by molar-refractivity contribution is 7.13. The number of nitrogens with zero attached hydrogens (tertiary/aromatic N) is 3. The summed E-state index contributed by atoms with van der Waals surface area (Å²) in [4.78, 5) is 5.32. The zero-order valence-corrected chi connectivity index (χ0v) is 10.9. The van der Waals surface area contributed by atoms with Gasteiger partial charge in [-0.3, -0.25) is 0 Å². The number of thiophene rings is 1. The Morgan fingerprint density at radius 2 is 2.16 bits per heavy atom. The quantitative estimate of drug-likeness (QED) is 0.727. The van der Waals surface area contributed by atoms with Crippen molar-refractivity contribution < 1.29 is 9.05 Å². The van der Waals surface area contributed by atoms with Crippen LogP contribution in [0.1, 0.15) is 30.9 Å². The third-order valence-electron chi connectivity index (χ3n) is 3.43. The van der Waals surface area contributed by atoms with E-state index in [1.165, 1.54) is 19.3 Å². The van der Waals surface area contributed by atoms with Crippen LogP contribution >= 0.6 is 11.3 Å². The molecule has 1 fully saturated rings. The molecule has 0 aromatic carbocycles. The van der Waals surface area contributed by atoms with Crippen molar-refractivity contribution in [3.05, 3.63) is 29.3 Å². The average molecular weight is 273 g/mol. The summed E-state index contributed by atoms with van der Waals surface area (Å²) in [5.74, 6) is 2.07. The summed E-state index contributed by atoms with van der Waals surface area (Å²) < 4.78 is 10.5. The second-order valence-corrected chi connectivity index (χ2v) is 5.59. The zero-order chi connectivity index (χ0) is 12.7. The molecule has 4 rings (SSSR count). The second kappa shape index (κ2) is 4.31. The van der Waals surface area contributed by atoms with Crippen molar-refractivity contribution >= 4 is 11.3 Å². The molecule has 0 atom stereocenters. The van der Waals surface area contributed by atoms with E-state index >= 15 is 0 Å². The number of aromatic nitrogens is 3. The molecule has 0 saturated heterocycles. The van der Waals surface area contributed by atoms with Gasteiger partial charge in [0, 0.05) is 12.0 Å². The lowest BCUT2D eigenvalue weighted by molar-refractivity contribution is 0.356. The maximum atomic E-state index is 5.30. The van der Waals surface area contributed by atoms with Gasteiger partial charge in [-0.25, -0.2) is 0 Å². The topological polar surface area (TPSA) is 65.0 Å². The molecule has 1 aliphatic carbocycles. The third kappa shape index (κ3) is 1.88. The molecular formula is C13H11N3O2S. The first-order valence-electron chi connectivity index (χ1n) is 6.25. The maximum absolute atomic E-state index is 5.30. The van der Waals surface area contributed by atoms with Crippen LogP contribution in [0.15, 0.2) is 32.6 Å². The van der Waals surface area contributed by atoms with Gasteiger partial charge < -0.3 is 9.05 Å². The average Bonchev–Trinajstić information content (AvgIpc) is 3.08. The highest BCUT2D eigenvalue weighted by Crippen LogP contribution is 2.37. The largest absolute Gasteiger partial charge is 0.351 e. The first-order valence-corrected chi connectivity index (χ1v) is 7.13. The van der Waals surface area contributed by atoms with Gasteiger partial charge in [0.2, 0.25) is 11.6 Å². The smallest absolute Gasteiger partial charge is 0.296 e. The van der Waals surface area contributed by atoms with E-state index in [0.29, 0.717) is 23.4 Å². The molecule has 0 unspecified atom stereocenters. The van der Waals surface area contributed by atoms with Gasteiger partial charge in [-0.1, -0.05) is 22.8 Å². The van der Waals surface area contributed by atoms with Crippen LogP contribution in [0.3, 0.4) is 0 Å². The number of hydrogen-bond donors (Lipinski definition) is 0. The molecule has 0 bridgehead atoms. The van der Waals surface area contributed by atoms with E-state index in [1.54, 1.807) is 11.3 Å².